The fraction of sp³-hybridized carbons (Fsp3) is 0.857. The molecule has 5 heteroatoms. The van der Waals surface area contributed by atoms with Crippen molar-refractivity contribution < 1.29 is 19.4 Å². The van der Waals surface area contributed by atoms with E-state index in [4.69, 9.17) is 9.84 Å². The van der Waals surface area contributed by atoms with Crippen LogP contribution in [-0.2, 0) is 14.3 Å². The molecule has 1 aliphatic carbocycles. The number of rotatable bonds is 7. The maximum Gasteiger partial charge on any atom is 0.307 e. The lowest BCUT2D eigenvalue weighted by molar-refractivity contribution is -0.146. The van der Waals surface area contributed by atoms with E-state index < -0.39 is 17.8 Å². The Kier molecular flexibility index (Phi) is 6.28. The lowest BCUT2D eigenvalue weighted by Crippen LogP contribution is -2.37. The molecule has 0 aliphatic heterocycles. The number of ether oxygens (including phenoxy) is 1. The number of nitrogens with one attached hydrogen (secondary N) is 1. The van der Waals surface area contributed by atoms with E-state index in [2.05, 4.69) is 19.2 Å². The third kappa shape index (κ3) is 5.19. The third-order valence-corrected chi connectivity index (χ3v) is 3.45. The van der Waals surface area contributed by atoms with Crippen LogP contribution >= 0.6 is 0 Å². The molecule has 2 N–H and O–H groups in total. The normalized spacial score (nSPS) is 26.6. The number of hydrogen-bond donors (Lipinski definition) is 2. The monoisotopic (exact) mass is 271 g/mol. The Morgan fingerprint density at radius 1 is 1.32 bits per heavy atom. The fourth-order valence-corrected chi connectivity index (χ4v) is 2.55. The van der Waals surface area contributed by atoms with Crippen LogP contribution in [0, 0.1) is 23.7 Å². The van der Waals surface area contributed by atoms with E-state index >= 15 is 0 Å². The van der Waals surface area contributed by atoms with E-state index in [0.717, 1.165) is 0 Å². The maximum absolute atomic E-state index is 12.0. The van der Waals surface area contributed by atoms with Gasteiger partial charge in [-0.3, -0.25) is 9.59 Å². The van der Waals surface area contributed by atoms with Crippen molar-refractivity contribution >= 4 is 11.9 Å². The molecule has 1 amide bonds. The molecule has 0 radical (unpaired) electrons. The van der Waals surface area contributed by atoms with Gasteiger partial charge >= 0.3 is 5.97 Å². The Balaban J connectivity index is 2.30. The molecule has 1 aliphatic rings. The van der Waals surface area contributed by atoms with E-state index in [1.807, 2.05) is 6.92 Å². The van der Waals surface area contributed by atoms with Crippen LogP contribution in [0.2, 0.25) is 0 Å². The van der Waals surface area contributed by atoms with Crippen molar-refractivity contribution in [3.05, 3.63) is 0 Å². The smallest absolute Gasteiger partial charge is 0.307 e. The topological polar surface area (TPSA) is 75.6 Å². The van der Waals surface area contributed by atoms with Gasteiger partial charge in [0.2, 0.25) is 5.91 Å². The Labute approximate surface area is 114 Å². The van der Waals surface area contributed by atoms with Crippen LogP contribution in [0.3, 0.4) is 0 Å². The highest BCUT2D eigenvalue weighted by Gasteiger charge is 2.40. The van der Waals surface area contributed by atoms with Crippen molar-refractivity contribution in [2.45, 2.75) is 33.6 Å². The summed E-state index contributed by atoms with van der Waals surface area (Å²) in [6, 6.07) is 0. The first-order valence-electron chi connectivity index (χ1n) is 7.00. The second-order valence-corrected chi connectivity index (χ2v) is 5.89. The van der Waals surface area contributed by atoms with Gasteiger partial charge in [0, 0.05) is 13.2 Å². The molecular formula is C14H25NO4. The van der Waals surface area contributed by atoms with Gasteiger partial charge < -0.3 is 15.2 Å². The molecule has 110 valence electrons. The van der Waals surface area contributed by atoms with Crippen molar-refractivity contribution in [3.63, 3.8) is 0 Å². The molecular weight excluding hydrogens is 246 g/mol. The Morgan fingerprint density at radius 3 is 2.53 bits per heavy atom. The average molecular weight is 271 g/mol. The van der Waals surface area contributed by atoms with Gasteiger partial charge in [-0.15, -0.1) is 0 Å². The van der Waals surface area contributed by atoms with Crippen LogP contribution in [-0.4, -0.2) is 36.7 Å². The third-order valence-electron chi connectivity index (χ3n) is 3.45. The Morgan fingerprint density at radius 2 is 1.95 bits per heavy atom. The molecule has 1 saturated carbocycles. The summed E-state index contributed by atoms with van der Waals surface area (Å²) in [6.45, 7) is 7.72. The maximum atomic E-state index is 12.0. The van der Waals surface area contributed by atoms with E-state index in [1.54, 1.807) is 0 Å². The lowest BCUT2D eigenvalue weighted by atomic mass is 9.95. The summed E-state index contributed by atoms with van der Waals surface area (Å²) in [4.78, 5) is 23.1. The first kappa shape index (κ1) is 16.0. The fourth-order valence-electron chi connectivity index (χ4n) is 2.55. The van der Waals surface area contributed by atoms with Gasteiger partial charge in [0.05, 0.1) is 18.4 Å². The number of carbonyl (C=O) groups is 2. The first-order chi connectivity index (χ1) is 8.91. The predicted octanol–water partition coefficient (Wildman–Crippen LogP) is 1.52. The van der Waals surface area contributed by atoms with Crippen molar-refractivity contribution in [2.75, 3.05) is 19.8 Å². The number of carboxylic acids is 1. The van der Waals surface area contributed by atoms with Crippen molar-refractivity contribution in [1.29, 1.82) is 0 Å². The van der Waals surface area contributed by atoms with Crippen molar-refractivity contribution in [2.24, 2.45) is 23.7 Å². The summed E-state index contributed by atoms with van der Waals surface area (Å²) >= 11 is 0. The summed E-state index contributed by atoms with van der Waals surface area (Å²) in [7, 11) is 0. The van der Waals surface area contributed by atoms with Gasteiger partial charge in [-0.05, 0) is 24.7 Å². The number of aliphatic carboxylic acids is 1. The summed E-state index contributed by atoms with van der Waals surface area (Å²) in [5.41, 5.74) is 0. The summed E-state index contributed by atoms with van der Waals surface area (Å²) in [6.07, 6.45) is 1.26. The molecule has 1 fully saturated rings. The van der Waals surface area contributed by atoms with Gasteiger partial charge in [-0.2, -0.15) is 0 Å². The van der Waals surface area contributed by atoms with Gasteiger partial charge in [0.15, 0.2) is 0 Å². The standard InChI is InChI=1S/C14H25NO4/c1-9(2)8-19-5-4-15-13(16)11-6-10(3)7-12(11)14(17)18/h9-12H,4-8H2,1-3H3,(H,15,16)(H,17,18). The molecule has 0 saturated heterocycles. The molecule has 0 bridgehead atoms. The second-order valence-electron chi connectivity index (χ2n) is 5.89. The first-order valence-corrected chi connectivity index (χ1v) is 7.00. The van der Waals surface area contributed by atoms with Crippen LogP contribution in [0.25, 0.3) is 0 Å². The van der Waals surface area contributed by atoms with Crippen LogP contribution in [0.15, 0.2) is 0 Å². The summed E-state index contributed by atoms with van der Waals surface area (Å²) in [5.74, 6) is -1.16. The zero-order chi connectivity index (χ0) is 14.4. The van der Waals surface area contributed by atoms with Crippen LogP contribution < -0.4 is 5.32 Å². The Bertz CT molecular complexity index is 317. The Hall–Kier alpha value is -1.10. The molecule has 0 spiro atoms. The molecule has 1 rings (SSSR count). The van der Waals surface area contributed by atoms with Crippen LogP contribution in [0.4, 0.5) is 0 Å². The van der Waals surface area contributed by atoms with Gasteiger partial charge in [-0.1, -0.05) is 20.8 Å². The van der Waals surface area contributed by atoms with Gasteiger partial charge in [0.1, 0.15) is 0 Å². The second kappa shape index (κ2) is 7.48. The lowest BCUT2D eigenvalue weighted by Gasteiger charge is -2.15. The van der Waals surface area contributed by atoms with E-state index in [1.165, 1.54) is 0 Å². The molecule has 0 aromatic heterocycles. The van der Waals surface area contributed by atoms with E-state index in [9.17, 15) is 9.59 Å². The molecule has 3 atom stereocenters. The van der Waals surface area contributed by atoms with Crippen LogP contribution in [0.1, 0.15) is 33.6 Å². The minimum Gasteiger partial charge on any atom is -0.481 e. The van der Waals surface area contributed by atoms with E-state index in [-0.39, 0.29) is 5.91 Å². The number of carbonyl (C=O) groups excluding carboxylic acids is 1. The highest BCUT2D eigenvalue weighted by molar-refractivity contribution is 5.85. The summed E-state index contributed by atoms with van der Waals surface area (Å²) in [5, 5.41) is 11.9. The molecule has 3 unspecified atom stereocenters. The molecule has 0 heterocycles. The highest BCUT2D eigenvalue weighted by atomic mass is 16.5. The van der Waals surface area contributed by atoms with Crippen molar-refractivity contribution in [3.8, 4) is 0 Å². The predicted molar refractivity (Wildman–Crippen MR) is 71.7 cm³/mol. The highest BCUT2D eigenvalue weighted by Crippen LogP contribution is 2.36. The van der Waals surface area contributed by atoms with Crippen LogP contribution in [0.5, 0.6) is 0 Å². The van der Waals surface area contributed by atoms with E-state index in [0.29, 0.717) is 44.4 Å². The van der Waals surface area contributed by atoms with Gasteiger partial charge in [0.25, 0.3) is 0 Å². The number of amides is 1. The molecule has 5 nitrogen and oxygen atoms in total. The minimum atomic E-state index is -0.861. The zero-order valence-corrected chi connectivity index (χ0v) is 12.0. The quantitative estimate of drug-likeness (QED) is 0.688. The minimum absolute atomic E-state index is 0.148. The zero-order valence-electron chi connectivity index (χ0n) is 12.0. The number of carboxylic acid groups (broad SMARTS) is 1. The summed E-state index contributed by atoms with van der Waals surface area (Å²) < 4.78 is 5.37. The average Bonchev–Trinajstić information content (AvgIpc) is 2.70. The number of hydrogen-bond acceptors (Lipinski definition) is 3. The van der Waals surface area contributed by atoms with Crippen molar-refractivity contribution in [1.82, 2.24) is 5.32 Å². The largest absolute Gasteiger partial charge is 0.481 e. The SMILES string of the molecule is CC(C)COCCNC(=O)C1CC(C)CC1C(=O)O. The molecule has 19 heavy (non-hydrogen) atoms. The molecule has 0 aromatic rings. The molecule has 0 aromatic carbocycles. The van der Waals surface area contributed by atoms with Gasteiger partial charge in [-0.25, -0.2) is 0 Å².